The highest BCUT2D eigenvalue weighted by molar-refractivity contribution is 5.88. The molecule has 146 valence electrons. The van der Waals surface area contributed by atoms with Gasteiger partial charge in [0.05, 0.1) is 24.9 Å². The molecule has 4 aromatic rings. The van der Waals surface area contributed by atoms with Gasteiger partial charge in [0.2, 0.25) is 5.91 Å². The maximum Gasteiger partial charge on any atom is 0.226 e. The summed E-state index contributed by atoms with van der Waals surface area (Å²) in [5.74, 6) is 0.848. The van der Waals surface area contributed by atoms with E-state index < -0.39 is 0 Å². The Morgan fingerprint density at radius 2 is 1.76 bits per heavy atom. The van der Waals surface area contributed by atoms with Crippen molar-refractivity contribution in [2.24, 2.45) is 0 Å². The van der Waals surface area contributed by atoms with Gasteiger partial charge in [0.1, 0.15) is 5.75 Å². The maximum absolute atomic E-state index is 12.5. The molecule has 0 saturated carbocycles. The fourth-order valence-corrected chi connectivity index (χ4v) is 3.29. The summed E-state index contributed by atoms with van der Waals surface area (Å²) < 4.78 is 7.71. The summed E-state index contributed by atoms with van der Waals surface area (Å²) in [5, 5.41) is 6.57. The number of aromatic nitrogens is 2. The molecule has 0 saturated heterocycles. The van der Waals surface area contributed by atoms with Crippen LogP contribution in [0, 0.1) is 0 Å². The van der Waals surface area contributed by atoms with Crippen molar-refractivity contribution in [2.45, 2.75) is 13.0 Å². The smallest absolute Gasteiger partial charge is 0.226 e. The number of hydrogen-bond donors (Lipinski definition) is 0. The van der Waals surface area contributed by atoms with Crippen LogP contribution in [-0.2, 0) is 11.3 Å². The van der Waals surface area contributed by atoms with Gasteiger partial charge in [-0.2, -0.15) is 5.10 Å². The first-order chi connectivity index (χ1) is 14.2. The number of carbonyl (C=O) groups excluding carboxylic acids is 1. The third kappa shape index (κ3) is 4.46. The Bertz CT molecular complexity index is 1100. The van der Waals surface area contributed by atoms with Gasteiger partial charge < -0.3 is 9.64 Å². The largest absolute Gasteiger partial charge is 0.492 e. The normalized spacial score (nSPS) is 10.8. The molecule has 0 atom stereocenters. The Kier molecular flexibility index (Phi) is 5.56. The van der Waals surface area contributed by atoms with Gasteiger partial charge in [-0.1, -0.05) is 54.6 Å². The van der Waals surface area contributed by atoms with Crippen molar-refractivity contribution in [3.05, 3.63) is 90.8 Å². The molecule has 1 aromatic heterocycles. The van der Waals surface area contributed by atoms with Gasteiger partial charge in [-0.15, -0.1) is 0 Å². The summed E-state index contributed by atoms with van der Waals surface area (Å²) in [4.78, 5) is 14.2. The Morgan fingerprint density at radius 1 is 1.00 bits per heavy atom. The minimum atomic E-state index is 0.0395. The number of hydrogen-bond acceptors (Lipinski definition) is 3. The maximum atomic E-state index is 12.5. The van der Waals surface area contributed by atoms with Crippen LogP contribution in [0.15, 0.2) is 85.2 Å². The van der Waals surface area contributed by atoms with E-state index in [9.17, 15) is 4.79 Å². The highest BCUT2D eigenvalue weighted by atomic mass is 16.5. The Morgan fingerprint density at radius 3 is 2.62 bits per heavy atom. The first kappa shape index (κ1) is 18.7. The van der Waals surface area contributed by atoms with Crippen LogP contribution in [0.5, 0.6) is 5.75 Å². The summed E-state index contributed by atoms with van der Waals surface area (Å²) in [6.07, 6.45) is 4.07. The van der Waals surface area contributed by atoms with Crippen LogP contribution in [0.4, 0.5) is 0 Å². The minimum absolute atomic E-state index is 0.0395. The fraction of sp³-hybridized carbons (Fsp3) is 0.167. The lowest BCUT2D eigenvalue weighted by Gasteiger charge is -2.16. The first-order valence-electron chi connectivity index (χ1n) is 9.64. The number of fused-ring (bicyclic) bond motifs is 1. The monoisotopic (exact) mass is 385 g/mol. The molecule has 0 unspecified atom stereocenters. The molecule has 29 heavy (non-hydrogen) atoms. The van der Waals surface area contributed by atoms with E-state index in [0.717, 1.165) is 27.8 Å². The van der Waals surface area contributed by atoms with E-state index >= 15 is 0 Å². The van der Waals surface area contributed by atoms with Crippen molar-refractivity contribution in [1.29, 1.82) is 0 Å². The summed E-state index contributed by atoms with van der Waals surface area (Å²) in [6, 6.07) is 24.0. The predicted molar refractivity (Wildman–Crippen MR) is 114 cm³/mol. The molecule has 5 heteroatoms. The Balaban J connectivity index is 1.31. The van der Waals surface area contributed by atoms with E-state index in [4.69, 9.17) is 4.74 Å². The highest BCUT2D eigenvalue weighted by Crippen LogP contribution is 2.25. The van der Waals surface area contributed by atoms with E-state index in [2.05, 4.69) is 17.2 Å². The molecule has 4 rings (SSSR count). The van der Waals surface area contributed by atoms with Crippen molar-refractivity contribution in [2.75, 3.05) is 13.7 Å². The average Bonchev–Trinajstić information content (AvgIpc) is 3.23. The van der Waals surface area contributed by atoms with Gasteiger partial charge in [0, 0.05) is 30.7 Å². The van der Waals surface area contributed by atoms with Crippen molar-refractivity contribution in [3.8, 4) is 11.4 Å². The number of carbonyl (C=O) groups is 1. The second-order valence-corrected chi connectivity index (χ2v) is 6.95. The van der Waals surface area contributed by atoms with Gasteiger partial charge in [0.25, 0.3) is 0 Å². The third-order valence-corrected chi connectivity index (χ3v) is 4.83. The van der Waals surface area contributed by atoms with Gasteiger partial charge in [0.15, 0.2) is 0 Å². The van der Waals surface area contributed by atoms with E-state index in [1.54, 1.807) is 18.1 Å². The Labute approximate surface area is 170 Å². The predicted octanol–water partition coefficient (Wildman–Crippen LogP) is 4.45. The van der Waals surface area contributed by atoms with Crippen LogP contribution < -0.4 is 4.74 Å². The quantitative estimate of drug-likeness (QED) is 0.472. The van der Waals surface area contributed by atoms with Crippen molar-refractivity contribution < 1.29 is 9.53 Å². The van der Waals surface area contributed by atoms with Crippen molar-refractivity contribution in [3.63, 3.8) is 0 Å². The summed E-state index contributed by atoms with van der Waals surface area (Å²) in [6.45, 7) is 0.862. The summed E-state index contributed by atoms with van der Waals surface area (Å²) in [5.41, 5.74) is 1.98. The number of nitrogens with zero attached hydrogens (tertiary/aromatic N) is 3. The molecule has 0 N–H and O–H groups in total. The zero-order chi connectivity index (χ0) is 20.1. The van der Waals surface area contributed by atoms with Gasteiger partial charge in [-0.25, -0.2) is 4.68 Å². The van der Waals surface area contributed by atoms with Crippen LogP contribution in [0.1, 0.15) is 12.0 Å². The molecule has 3 aromatic carbocycles. The number of rotatable bonds is 7. The molecular formula is C24H23N3O2. The molecule has 0 fully saturated rings. The lowest BCUT2D eigenvalue weighted by atomic mass is 10.1. The topological polar surface area (TPSA) is 47.4 Å². The van der Waals surface area contributed by atoms with Crippen LogP contribution in [0.25, 0.3) is 16.5 Å². The van der Waals surface area contributed by atoms with Crippen molar-refractivity contribution in [1.82, 2.24) is 14.7 Å². The number of ether oxygens (including phenoxy) is 1. The molecular weight excluding hydrogens is 362 g/mol. The molecule has 0 spiro atoms. The van der Waals surface area contributed by atoms with Crippen LogP contribution in [0.3, 0.4) is 0 Å². The number of amides is 1. The van der Waals surface area contributed by atoms with Crippen LogP contribution in [-0.4, -0.2) is 34.2 Å². The molecule has 0 radical (unpaired) electrons. The first-order valence-corrected chi connectivity index (χ1v) is 9.64. The summed E-state index contributed by atoms with van der Waals surface area (Å²) in [7, 11) is 1.81. The second kappa shape index (κ2) is 8.61. The van der Waals surface area contributed by atoms with E-state index in [-0.39, 0.29) is 5.91 Å². The van der Waals surface area contributed by atoms with Gasteiger partial charge in [-0.05, 0) is 23.6 Å². The van der Waals surface area contributed by atoms with Crippen LogP contribution >= 0.6 is 0 Å². The SMILES string of the molecule is CN(Cc1cnn(-c2ccccc2)c1)C(=O)CCOc1cccc2ccccc12. The second-order valence-electron chi connectivity index (χ2n) is 6.95. The van der Waals surface area contributed by atoms with Crippen LogP contribution in [0.2, 0.25) is 0 Å². The average molecular weight is 385 g/mol. The molecule has 0 aliphatic heterocycles. The molecule has 1 amide bonds. The Hall–Kier alpha value is -3.60. The summed E-state index contributed by atoms with van der Waals surface area (Å²) >= 11 is 0. The number of para-hydroxylation sites is 1. The lowest BCUT2D eigenvalue weighted by molar-refractivity contribution is -0.130. The van der Waals surface area contributed by atoms with Gasteiger partial charge in [-0.3, -0.25) is 4.79 Å². The van der Waals surface area contributed by atoms with Gasteiger partial charge >= 0.3 is 0 Å². The van der Waals surface area contributed by atoms with E-state index in [1.807, 2.05) is 71.5 Å². The molecule has 0 aliphatic rings. The standard InChI is InChI=1S/C24H23N3O2/c1-26(17-19-16-25-27(18-19)21-10-3-2-4-11-21)24(28)14-15-29-23-13-7-9-20-8-5-6-12-22(20)23/h2-13,16,18H,14-15,17H2,1H3. The zero-order valence-corrected chi connectivity index (χ0v) is 16.4. The third-order valence-electron chi connectivity index (χ3n) is 4.83. The molecule has 0 aliphatic carbocycles. The van der Waals surface area contributed by atoms with E-state index in [0.29, 0.717) is 19.6 Å². The van der Waals surface area contributed by atoms with E-state index in [1.165, 1.54) is 0 Å². The molecule has 5 nitrogen and oxygen atoms in total. The number of benzene rings is 3. The zero-order valence-electron chi connectivity index (χ0n) is 16.4. The molecule has 0 bridgehead atoms. The lowest BCUT2D eigenvalue weighted by Crippen LogP contribution is -2.27. The minimum Gasteiger partial charge on any atom is -0.492 e. The molecule has 1 heterocycles. The fourth-order valence-electron chi connectivity index (χ4n) is 3.29. The highest BCUT2D eigenvalue weighted by Gasteiger charge is 2.11. The van der Waals surface area contributed by atoms with Crippen molar-refractivity contribution >= 4 is 16.7 Å².